The Balaban J connectivity index is 1.70. The fourth-order valence-corrected chi connectivity index (χ4v) is 3.35. The summed E-state index contributed by atoms with van der Waals surface area (Å²) in [5, 5.41) is 41.3. The highest BCUT2D eigenvalue weighted by atomic mass is 16.4. The van der Waals surface area contributed by atoms with Gasteiger partial charge in [0, 0.05) is 18.0 Å². The first-order valence-electron chi connectivity index (χ1n) is 10.0. The Bertz CT molecular complexity index is 1090. The molecule has 1 atom stereocenters. The van der Waals surface area contributed by atoms with Crippen molar-refractivity contribution in [2.24, 2.45) is 0 Å². The van der Waals surface area contributed by atoms with Gasteiger partial charge in [-0.05, 0) is 60.2 Å². The normalized spacial score (nSPS) is 11.6. The van der Waals surface area contributed by atoms with Crippen molar-refractivity contribution < 1.29 is 29.9 Å². The lowest BCUT2D eigenvalue weighted by Gasteiger charge is -2.19. The predicted molar refractivity (Wildman–Crippen MR) is 118 cm³/mol. The molecule has 8 nitrogen and oxygen atoms in total. The topological polar surface area (TPSA) is 140 Å². The maximum absolute atomic E-state index is 12.7. The zero-order valence-corrected chi connectivity index (χ0v) is 17.2. The molecule has 1 amide bonds. The third-order valence-corrected chi connectivity index (χ3v) is 5.08. The van der Waals surface area contributed by atoms with Crippen LogP contribution in [0, 0.1) is 0 Å². The monoisotopic (exact) mass is 434 g/mol. The van der Waals surface area contributed by atoms with E-state index >= 15 is 0 Å². The number of carboxylic acids is 1. The molecule has 3 aromatic rings. The standard InChI is InChI=1S/C23H23BN2O6/c27-21-17(6-2-8-19(21)23(29)30)13-20(24(31)32)26-22(28)18-7-1-4-15(12-18)9-10-16-5-3-11-25-14-16/h1-8,11-12,14,20,27,31-32H,9-10,13H2,(H,26,28)(H,29,30)/t20-/m0/s1. The molecule has 1 heterocycles. The molecule has 0 spiro atoms. The lowest BCUT2D eigenvalue weighted by atomic mass is 9.75. The van der Waals surface area contributed by atoms with Crippen LogP contribution in [0.25, 0.3) is 0 Å². The van der Waals surface area contributed by atoms with Crippen LogP contribution >= 0.6 is 0 Å². The maximum atomic E-state index is 12.7. The van der Waals surface area contributed by atoms with Crippen molar-refractivity contribution >= 4 is 19.0 Å². The summed E-state index contributed by atoms with van der Waals surface area (Å²) in [5.41, 5.74) is 2.24. The van der Waals surface area contributed by atoms with Crippen LogP contribution in [0.15, 0.2) is 67.0 Å². The Morgan fingerprint density at radius 1 is 1.00 bits per heavy atom. The lowest BCUT2D eigenvalue weighted by molar-refractivity contribution is 0.0693. The predicted octanol–water partition coefficient (Wildman–Crippen LogP) is 1.62. The zero-order valence-electron chi connectivity index (χ0n) is 17.2. The van der Waals surface area contributed by atoms with E-state index in [0.29, 0.717) is 12.0 Å². The molecule has 0 unspecified atom stereocenters. The van der Waals surface area contributed by atoms with E-state index in [1.54, 1.807) is 30.6 Å². The molecule has 0 radical (unpaired) electrons. The number of para-hydroxylation sites is 1. The Morgan fingerprint density at radius 2 is 1.72 bits per heavy atom. The second kappa shape index (κ2) is 10.6. The van der Waals surface area contributed by atoms with E-state index in [0.717, 1.165) is 17.5 Å². The number of carbonyl (C=O) groups excluding carboxylic acids is 1. The van der Waals surface area contributed by atoms with E-state index < -0.39 is 30.7 Å². The SMILES string of the molecule is O=C(N[C@@H](Cc1cccc(C(=O)O)c1O)B(O)O)c1cccc(CCc2cccnc2)c1. The molecule has 2 aromatic carbocycles. The van der Waals surface area contributed by atoms with Crippen LogP contribution < -0.4 is 5.32 Å². The molecule has 32 heavy (non-hydrogen) atoms. The first-order chi connectivity index (χ1) is 15.3. The van der Waals surface area contributed by atoms with Crippen molar-refractivity contribution in [1.29, 1.82) is 0 Å². The molecule has 5 N–H and O–H groups in total. The maximum Gasteiger partial charge on any atom is 0.475 e. The Kier molecular flexibility index (Phi) is 7.59. The minimum atomic E-state index is -1.92. The Labute approximate surface area is 185 Å². The van der Waals surface area contributed by atoms with Gasteiger partial charge in [0.2, 0.25) is 0 Å². The molecule has 9 heteroatoms. The number of benzene rings is 2. The number of aromatic carboxylic acids is 1. The molecule has 0 saturated carbocycles. The van der Waals surface area contributed by atoms with Crippen molar-refractivity contribution in [3.05, 3.63) is 94.8 Å². The summed E-state index contributed by atoms with van der Waals surface area (Å²) in [4.78, 5) is 28.0. The van der Waals surface area contributed by atoms with Gasteiger partial charge in [-0.25, -0.2) is 4.79 Å². The number of pyridine rings is 1. The van der Waals surface area contributed by atoms with E-state index in [1.165, 1.54) is 18.2 Å². The van der Waals surface area contributed by atoms with E-state index in [2.05, 4.69) is 10.3 Å². The number of rotatable bonds is 9. The number of nitrogens with one attached hydrogen (secondary N) is 1. The average molecular weight is 434 g/mol. The first-order valence-corrected chi connectivity index (χ1v) is 10.0. The van der Waals surface area contributed by atoms with Gasteiger partial charge in [0.15, 0.2) is 0 Å². The van der Waals surface area contributed by atoms with Gasteiger partial charge < -0.3 is 25.6 Å². The third kappa shape index (κ3) is 5.93. The lowest BCUT2D eigenvalue weighted by Crippen LogP contribution is -2.48. The van der Waals surface area contributed by atoms with Crippen molar-refractivity contribution in [2.75, 3.05) is 0 Å². The van der Waals surface area contributed by atoms with Gasteiger partial charge in [-0.2, -0.15) is 0 Å². The highest BCUT2D eigenvalue weighted by Gasteiger charge is 2.28. The smallest absolute Gasteiger partial charge is 0.475 e. The van der Waals surface area contributed by atoms with Crippen LogP contribution in [0.3, 0.4) is 0 Å². The highest BCUT2D eigenvalue weighted by molar-refractivity contribution is 6.43. The molecule has 164 valence electrons. The molecule has 0 saturated heterocycles. The molecule has 3 rings (SSSR count). The van der Waals surface area contributed by atoms with Gasteiger partial charge in [-0.15, -0.1) is 0 Å². The number of aryl methyl sites for hydroxylation is 2. The Morgan fingerprint density at radius 3 is 2.41 bits per heavy atom. The van der Waals surface area contributed by atoms with Gasteiger partial charge in [-0.3, -0.25) is 9.78 Å². The molecule has 0 fully saturated rings. The number of hydrogen-bond donors (Lipinski definition) is 5. The quantitative estimate of drug-likeness (QED) is 0.323. The molecular formula is C23H23BN2O6. The van der Waals surface area contributed by atoms with Gasteiger partial charge in [0.05, 0.1) is 5.94 Å². The number of carboxylic acid groups (broad SMARTS) is 1. The van der Waals surface area contributed by atoms with Crippen molar-refractivity contribution in [1.82, 2.24) is 10.3 Å². The van der Waals surface area contributed by atoms with E-state index in [1.807, 2.05) is 18.2 Å². The summed E-state index contributed by atoms with van der Waals surface area (Å²) in [7, 11) is -1.92. The number of amides is 1. The van der Waals surface area contributed by atoms with Gasteiger partial charge >= 0.3 is 13.1 Å². The number of aromatic hydroxyl groups is 1. The van der Waals surface area contributed by atoms with Crippen molar-refractivity contribution in [2.45, 2.75) is 25.2 Å². The molecule has 0 bridgehead atoms. The molecular weight excluding hydrogens is 411 g/mol. The molecule has 0 aliphatic heterocycles. The zero-order chi connectivity index (χ0) is 23.1. The van der Waals surface area contributed by atoms with Crippen LogP contribution in [-0.4, -0.2) is 50.2 Å². The second-order valence-electron chi connectivity index (χ2n) is 7.38. The third-order valence-electron chi connectivity index (χ3n) is 5.08. The minimum absolute atomic E-state index is 0.170. The van der Waals surface area contributed by atoms with Crippen LogP contribution in [0.1, 0.15) is 37.4 Å². The van der Waals surface area contributed by atoms with E-state index in [-0.39, 0.29) is 17.5 Å². The van der Waals surface area contributed by atoms with Crippen LogP contribution in [-0.2, 0) is 19.3 Å². The number of nitrogens with zero attached hydrogens (tertiary/aromatic N) is 1. The van der Waals surface area contributed by atoms with Crippen molar-refractivity contribution in [3.8, 4) is 5.75 Å². The summed E-state index contributed by atoms with van der Waals surface area (Å²) in [6.45, 7) is 0. The van der Waals surface area contributed by atoms with Crippen molar-refractivity contribution in [3.63, 3.8) is 0 Å². The number of hydrogen-bond acceptors (Lipinski definition) is 6. The Hall–Kier alpha value is -3.69. The highest BCUT2D eigenvalue weighted by Crippen LogP contribution is 2.24. The fourth-order valence-electron chi connectivity index (χ4n) is 3.35. The van der Waals surface area contributed by atoms with Crippen LogP contribution in [0.2, 0.25) is 0 Å². The molecule has 0 aliphatic rings. The summed E-state index contributed by atoms with van der Waals surface area (Å²) in [5.74, 6) is -3.45. The van der Waals surface area contributed by atoms with E-state index in [9.17, 15) is 24.7 Å². The van der Waals surface area contributed by atoms with Gasteiger partial charge in [0.25, 0.3) is 5.91 Å². The fraction of sp³-hybridized carbons (Fsp3) is 0.174. The number of aromatic nitrogens is 1. The van der Waals surface area contributed by atoms with Crippen LogP contribution in [0.5, 0.6) is 5.75 Å². The van der Waals surface area contributed by atoms with E-state index in [4.69, 9.17) is 5.11 Å². The largest absolute Gasteiger partial charge is 0.507 e. The first kappa shape index (κ1) is 23.0. The summed E-state index contributed by atoms with van der Waals surface area (Å²) in [6, 6.07) is 15.0. The second-order valence-corrected chi connectivity index (χ2v) is 7.38. The van der Waals surface area contributed by atoms with Crippen LogP contribution in [0.4, 0.5) is 0 Å². The van der Waals surface area contributed by atoms with Gasteiger partial charge in [-0.1, -0.05) is 30.3 Å². The minimum Gasteiger partial charge on any atom is -0.507 e. The summed E-state index contributed by atoms with van der Waals surface area (Å²) in [6.07, 6.45) is 4.79. The molecule has 0 aliphatic carbocycles. The van der Waals surface area contributed by atoms with Gasteiger partial charge in [0.1, 0.15) is 11.3 Å². The molecule has 1 aromatic heterocycles. The summed E-state index contributed by atoms with van der Waals surface area (Å²) < 4.78 is 0. The number of carbonyl (C=O) groups is 2. The average Bonchev–Trinajstić information content (AvgIpc) is 2.79. The number of phenols is 1. The summed E-state index contributed by atoms with van der Waals surface area (Å²) >= 11 is 0.